The van der Waals surface area contributed by atoms with Crippen LogP contribution in [0.15, 0.2) is 0 Å². The van der Waals surface area contributed by atoms with Gasteiger partial charge in [0.2, 0.25) is 5.91 Å². The lowest BCUT2D eigenvalue weighted by atomic mass is 9.96. The van der Waals surface area contributed by atoms with Crippen molar-refractivity contribution in [2.75, 3.05) is 11.9 Å². The molecular formula is C15H30BrNO. The molecule has 0 aliphatic heterocycles. The summed E-state index contributed by atoms with van der Waals surface area (Å²) in [6.07, 6.45) is 6.46. The van der Waals surface area contributed by atoms with Crippen LogP contribution in [-0.4, -0.2) is 28.7 Å². The molecule has 0 saturated carbocycles. The molecule has 18 heavy (non-hydrogen) atoms. The molecule has 3 heteroatoms. The molecule has 1 unspecified atom stereocenters. The third-order valence-electron chi connectivity index (χ3n) is 3.74. The van der Waals surface area contributed by atoms with Crippen molar-refractivity contribution >= 4 is 21.8 Å². The van der Waals surface area contributed by atoms with Gasteiger partial charge in [-0.15, -0.1) is 0 Å². The number of rotatable bonds is 10. The summed E-state index contributed by atoms with van der Waals surface area (Å²) in [5.41, 5.74) is 0. The second-order valence-corrected chi connectivity index (χ2v) is 5.73. The molecule has 0 fully saturated rings. The van der Waals surface area contributed by atoms with Crippen LogP contribution in [-0.2, 0) is 4.79 Å². The van der Waals surface area contributed by atoms with Gasteiger partial charge in [-0.05, 0) is 25.7 Å². The van der Waals surface area contributed by atoms with Crippen LogP contribution < -0.4 is 0 Å². The smallest absolute Gasteiger partial charge is 0.225 e. The quantitative estimate of drug-likeness (QED) is 0.538. The van der Waals surface area contributed by atoms with Crippen molar-refractivity contribution in [3.05, 3.63) is 0 Å². The fourth-order valence-corrected chi connectivity index (χ4v) is 2.86. The van der Waals surface area contributed by atoms with Crippen molar-refractivity contribution in [1.29, 1.82) is 0 Å². The molecule has 0 aliphatic rings. The predicted octanol–water partition coefficient (Wildman–Crippen LogP) is 4.61. The number of hydrogen-bond donors (Lipinski definition) is 0. The molecule has 0 aliphatic carbocycles. The largest absolute Gasteiger partial charge is 0.339 e. The third-order valence-corrected chi connectivity index (χ3v) is 4.09. The minimum atomic E-state index is 0.226. The molecule has 0 bridgehead atoms. The van der Waals surface area contributed by atoms with Crippen molar-refractivity contribution in [3.8, 4) is 0 Å². The highest BCUT2D eigenvalue weighted by Crippen LogP contribution is 2.20. The first-order valence-corrected chi connectivity index (χ1v) is 8.64. The van der Waals surface area contributed by atoms with E-state index in [4.69, 9.17) is 0 Å². The topological polar surface area (TPSA) is 20.3 Å². The summed E-state index contributed by atoms with van der Waals surface area (Å²) in [6.45, 7) is 9.52. The lowest BCUT2D eigenvalue weighted by Gasteiger charge is -2.33. The second kappa shape index (κ2) is 10.8. The van der Waals surface area contributed by atoms with Gasteiger partial charge in [0.05, 0.1) is 0 Å². The van der Waals surface area contributed by atoms with E-state index in [1.807, 2.05) is 0 Å². The molecule has 0 saturated heterocycles. The highest BCUT2D eigenvalue weighted by molar-refractivity contribution is 9.09. The number of halogens is 1. The maximum atomic E-state index is 12.6. The van der Waals surface area contributed by atoms with Gasteiger partial charge in [0.1, 0.15) is 0 Å². The first-order chi connectivity index (χ1) is 8.65. The Morgan fingerprint density at radius 2 is 1.72 bits per heavy atom. The van der Waals surface area contributed by atoms with Gasteiger partial charge < -0.3 is 4.90 Å². The summed E-state index contributed by atoms with van der Waals surface area (Å²) in [4.78, 5) is 14.7. The van der Waals surface area contributed by atoms with Crippen LogP contribution in [0.2, 0.25) is 0 Å². The molecule has 0 aromatic heterocycles. The van der Waals surface area contributed by atoms with Crippen LogP contribution in [0.5, 0.6) is 0 Å². The maximum Gasteiger partial charge on any atom is 0.225 e. The fourth-order valence-electron chi connectivity index (χ4n) is 2.48. The Hall–Kier alpha value is -0.0500. The number of alkyl halides is 1. The van der Waals surface area contributed by atoms with Crippen LogP contribution in [0.25, 0.3) is 0 Å². The number of unbranched alkanes of at least 4 members (excludes halogenated alkanes) is 1. The summed E-state index contributed by atoms with van der Waals surface area (Å²) in [6, 6.07) is 0.408. The zero-order valence-corrected chi connectivity index (χ0v) is 14.1. The molecule has 108 valence electrons. The molecular weight excluding hydrogens is 290 g/mol. The highest BCUT2D eigenvalue weighted by atomic mass is 79.9. The van der Waals surface area contributed by atoms with Gasteiger partial charge in [-0.1, -0.05) is 56.5 Å². The van der Waals surface area contributed by atoms with Gasteiger partial charge in [-0.25, -0.2) is 0 Å². The summed E-state index contributed by atoms with van der Waals surface area (Å²) < 4.78 is 0. The molecule has 1 amide bonds. The van der Waals surface area contributed by atoms with Crippen LogP contribution in [0.1, 0.15) is 66.2 Å². The minimum Gasteiger partial charge on any atom is -0.339 e. The second-order valence-electron chi connectivity index (χ2n) is 4.94. The molecule has 0 aromatic carbocycles. The van der Waals surface area contributed by atoms with Crippen LogP contribution in [0.3, 0.4) is 0 Å². The standard InChI is InChI=1S/C15H30BrNO/c1-5-9-10-13(6-2)15(18)17(12-11-16)14(7-3)8-4/h13-14H,5-12H2,1-4H3. The highest BCUT2D eigenvalue weighted by Gasteiger charge is 2.26. The van der Waals surface area contributed by atoms with Gasteiger partial charge in [0.25, 0.3) is 0 Å². The van der Waals surface area contributed by atoms with Crippen molar-refractivity contribution in [2.24, 2.45) is 5.92 Å². The summed E-state index contributed by atoms with van der Waals surface area (Å²) in [5.74, 6) is 0.601. The third kappa shape index (κ3) is 5.73. The van der Waals surface area contributed by atoms with Crippen LogP contribution >= 0.6 is 15.9 Å². The summed E-state index contributed by atoms with van der Waals surface area (Å²) in [7, 11) is 0. The summed E-state index contributed by atoms with van der Waals surface area (Å²) in [5, 5.41) is 0.874. The number of carbonyl (C=O) groups excluding carboxylic acids is 1. The Morgan fingerprint density at radius 3 is 2.11 bits per heavy atom. The number of amides is 1. The van der Waals surface area contributed by atoms with E-state index in [0.717, 1.165) is 44.0 Å². The van der Waals surface area contributed by atoms with Crippen molar-refractivity contribution in [3.63, 3.8) is 0 Å². The van der Waals surface area contributed by atoms with Gasteiger partial charge in [-0.2, -0.15) is 0 Å². The summed E-state index contributed by atoms with van der Waals surface area (Å²) >= 11 is 3.47. The van der Waals surface area contributed by atoms with Crippen molar-refractivity contribution < 1.29 is 4.79 Å². The Bertz CT molecular complexity index is 217. The molecule has 0 heterocycles. The zero-order chi connectivity index (χ0) is 14.0. The van der Waals surface area contributed by atoms with Crippen molar-refractivity contribution in [2.45, 2.75) is 72.3 Å². The maximum absolute atomic E-state index is 12.6. The average Bonchev–Trinajstić information content (AvgIpc) is 2.39. The van der Waals surface area contributed by atoms with E-state index >= 15 is 0 Å². The van der Waals surface area contributed by atoms with E-state index in [9.17, 15) is 4.79 Å². The number of carbonyl (C=O) groups is 1. The van der Waals surface area contributed by atoms with Crippen LogP contribution in [0.4, 0.5) is 0 Å². The normalized spacial score (nSPS) is 12.8. The van der Waals surface area contributed by atoms with Crippen molar-refractivity contribution in [1.82, 2.24) is 4.90 Å². The van der Waals surface area contributed by atoms with E-state index in [2.05, 4.69) is 48.5 Å². The zero-order valence-electron chi connectivity index (χ0n) is 12.5. The van der Waals surface area contributed by atoms with Gasteiger partial charge in [0.15, 0.2) is 0 Å². The molecule has 0 aromatic rings. The molecule has 1 atom stereocenters. The molecule has 0 radical (unpaired) electrons. The van der Waals surface area contributed by atoms with E-state index < -0.39 is 0 Å². The van der Waals surface area contributed by atoms with Gasteiger partial charge in [0, 0.05) is 23.8 Å². The SMILES string of the molecule is CCCCC(CC)C(=O)N(CCBr)C(CC)CC. The predicted molar refractivity (Wildman–Crippen MR) is 83.2 cm³/mol. The Morgan fingerprint density at radius 1 is 1.11 bits per heavy atom. The first kappa shape index (κ1) is 17.9. The Kier molecular flexibility index (Phi) is 10.8. The van der Waals surface area contributed by atoms with E-state index in [0.29, 0.717) is 11.9 Å². The van der Waals surface area contributed by atoms with Gasteiger partial charge >= 0.3 is 0 Å². The Labute approximate surface area is 122 Å². The average molecular weight is 320 g/mol. The van der Waals surface area contributed by atoms with Gasteiger partial charge in [-0.3, -0.25) is 4.79 Å². The number of hydrogen-bond acceptors (Lipinski definition) is 1. The van der Waals surface area contributed by atoms with Crippen LogP contribution in [0, 0.1) is 5.92 Å². The van der Waals surface area contributed by atoms with E-state index in [-0.39, 0.29) is 5.92 Å². The monoisotopic (exact) mass is 319 g/mol. The lowest BCUT2D eigenvalue weighted by Crippen LogP contribution is -2.44. The number of nitrogens with zero attached hydrogens (tertiary/aromatic N) is 1. The molecule has 2 nitrogen and oxygen atoms in total. The lowest BCUT2D eigenvalue weighted by molar-refractivity contribution is -0.138. The Balaban J connectivity index is 4.69. The van der Waals surface area contributed by atoms with E-state index in [1.54, 1.807) is 0 Å². The first-order valence-electron chi connectivity index (χ1n) is 7.52. The molecule has 0 N–H and O–H groups in total. The van der Waals surface area contributed by atoms with E-state index in [1.165, 1.54) is 6.42 Å². The minimum absolute atomic E-state index is 0.226. The molecule has 0 spiro atoms. The molecule has 0 rings (SSSR count). The fraction of sp³-hybridized carbons (Fsp3) is 0.933.